The molecule has 2 heteroatoms. The molecule has 2 rings (SSSR count). The molecule has 1 heterocycles. The van der Waals surface area contributed by atoms with E-state index in [-0.39, 0.29) is 0 Å². The van der Waals surface area contributed by atoms with Crippen LogP contribution in [0.15, 0.2) is 0 Å². The Morgan fingerprint density at radius 1 is 1.44 bits per heavy atom. The maximum atomic E-state index is 5.98. The van der Waals surface area contributed by atoms with Crippen molar-refractivity contribution in [3.05, 3.63) is 0 Å². The van der Waals surface area contributed by atoms with E-state index in [1.165, 1.54) is 51.4 Å². The van der Waals surface area contributed by atoms with Gasteiger partial charge in [0.2, 0.25) is 0 Å². The van der Waals surface area contributed by atoms with Crippen molar-refractivity contribution in [2.45, 2.75) is 69.9 Å². The zero-order valence-corrected chi connectivity index (χ0v) is 10.9. The van der Waals surface area contributed by atoms with Gasteiger partial charge in [-0.25, -0.2) is 0 Å². The van der Waals surface area contributed by atoms with Crippen molar-refractivity contribution in [3.8, 4) is 0 Å². The first-order valence-corrected chi connectivity index (χ1v) is 7.09. The molecule has 1 saturated heterocycles. The second-order valence-corrected chi connectivity index (χ2v) is 5.72. The second-order valence-electron chi connectivity index (χ2n) is 5.72. The molecule has 2 nitrogen and oxygen atoms in total. The first kappa shape index (κ1) is 12.4. The van der Waals surface area contributed by atoms with Gasteiger partial charge in [-0.05, 0) is 64.3 Å². The highest BCUT2D eigenvalue weighted by molar-refractivity contribution is 4.94. The number of hydrogen-bond donors (Lipinski definition) is 1. The van der Waals surface area contributed by atoms with Gasteiger partial charge in [-0.15, -0.1) is 0 Å². The SMILES string of the molecule is CCC(CCC1CCOC2(CCC2)C1)NC. The van der Waals surface area contributed by atoms with Gasteiger partial charge in [-0.3, -0.25) is 0 Å². The molecule has 2 aliphatic rings. The Labute approximate surface area is 100 Å². The molecule has 1 saturated carbocycles. The lowest BCUT2D eigenvalue weighted by molar-refractivity contribution is -0.144. The van der Waals surface area contributed by atoms with E-state index in [2.05, 4.69) is 19.3 Å². The fourth-order valence-electron chi connectivity index (χ4n) is 3.28. The summed E-state index contributed by atoms with van der Waals surface area (Å²) in [5.41, 5.74) is 0.338. The molecule has 94 valence electrons. The van der Waals surface area contributed by atoms with E-state index in [1.807, 2.05) is 0 Å². The molecule has 2 fully saturated rings. The van der Waals surface area contributed by atoms with Gasteiger partial charge in [-0.2, -0.15) is 0 Å². The smallest absolute Gasteiger partial charge is 0.0685 e. The normalized spacial score (nSPS) is 30.0. The maximum absolute atomic E-state index is 5.98. The molecule has 0 aromatic rings. The molecule has 2 unspecified atom stereocenters. The minimum absolute atomic E-state index is 0.338. The van der Waals surface area contributed by atoms with Gasteiger partial charge < -0.3 is 10.1 Å². The van der Waals surface area contributed by atoms with E-state index >= 15 is 0 Å². The molecule has 0 radical (unpaired) electrons. The van der Waals surface area contributed by atoms with E-state index in [9.17, 15) is 0 Å². The second kappa shape index (κ2) is 5.50. The highest BCUT2D eigenvalue weighted by atomic mass is 16.5. The van der Waals surface area contributed by atoms with Crippen LogP contribution in [0.25, 0.3) is 0 Å². The fraction of sp³-hybridized carbons (Fsp3) is 1.00. The Balaban J connectivity index is 1.73. The Hall–Kier alpha value is -0.0800. The first-order chi connectivity index (χ1) is 7.78. The van der Waals surface area contributed by atoms with Crippen LogP contribution in [0.4, 0.5) is 0 Å². The summed E-state index contributed by atoms with van der Waals surface area (Å²) in [6.45, 7) is 3.29. The highest BCUT2D eigenvalue weighted by Gasteiger charge is 2.42. The first-order valence-electron chi connectivity index (χ1n) is 7.09. The van der Waals surface area contributed by atoms with Crippen LogP contribution in [0, 0.1) is 5.92 Å². The van der Waals surface area contributed by atoms with Crippen molar-refractivity contribution < 1.29 is 4.74 Å². The summed E-state index contributed by atoms with van der Waals surface area (Å²) < 4.78 is 5.98. The van der Waals surface area contributed by atoms with Crippen LogP contribution in [0.2, 0.25) is 0 Å². The van der Waals surface area contributed by atoms with Crippen molar-refractivity contribution >= 4 is 0 Å². The topological polar surface area (TPSA) is 21.3 Å². The fourth-order valence-corrected chi connectivity index (χ4v) is 3.28. The van der Waals surface area contributed by atoms with Crippen LogP contribution in [0.3, 0.4) is 0 Å². The van der Waals surface area contributed by atoms with E-state index in [1.54, 1.807) is 0 Å². The lowest BCUT2D eigenvalue weighted by Crippen LogP contribution is -2.45. The van der Waals surface area contributed by atoms with Gasteiger partial charge >= 0.3 is 0 Å². The summed E-state index contributed by atoms with van der Waals surface area (Å²) in [5, 5.41) is 3.41. The van der Waals surface area contributed by atoms with Gasteiger partial charge in [-0.1, -0.05) is 6.92 Å². The van der Waals surface area contributed by atoms with Crippen molar-refractivity contribution in [2.75, 3.05) is 13.7 Å². The molecule has 16 heavy (non-hydrogen) atoms. The van der Waals surface area contributed by atoms with Gasteiger partial charge in [0, 0.05) is 12.6 Å². The summed E-state index contributed by atoms with van der Waals surface area (Å²) in [6, 6.07) is 0.722. The largest absolute Gasteiger partial charge is 0.375 e. The molecule has 2 atom stereocenters. The molecule has 1 N–H and O–H groups in total. The standard InChI is InChI=1S/C14H27NO/c1-3-13(15-2)6-5-12-7-10-16-14(11-12)8-4-9-14/h12-13,15H,3-11H2,1-2H3. The predicted molar refractivity (Wildman–Crippen MR) is 67.6 cm³/mol. The van der Waals surface area contributed by atoms with E-state index in [4.69, 9.17) is 4.74 Å². The molecule has 0 amide bonds. The van der Waals surface area contributed by atoms with Gasteiger partial charge in [0.15, 0.2) is 0 Å². The van der Waals surface area contributed by atoms with Crippen molar-refractivity contribution in [3.63, 3.8) is 0 Å². The molecule has 1 spiro atoms. The maximum Gasteiger partial charge on any atom is 0.0685 e. The van der Waals surface area contributed by atoms with Gasteiger partial charge in [0.05, 0.1) is 5.60 Å². The van der Waals surface area contributed by atoms with Crippen molar-refractivity contribution in [2.24, 2.45) is 5.92 Å². The van der Waals surface area contributed by atoms with E-state index in [0.29, 0.717) is 5.60 Å². The summed E-state index contributed by atoms with van der Waals surface area (Å²) in [5.74, 6) is 0.927. The lowest BCUT2D eigenvalue weighted by Gasteiger charge is -2.47. The number of hydrogen-bond acceptors (Lipinski definition) is 2. The van der Waals surface area contributed by atoms with Crippen LogP contribution in [0.5, 0.6) is 0 Å². The quantitative estimate of drug-likeness (QED) is 0.776. The Morgan fingerprint density at radius 3 is 2.81 bits per heavy atom. The summed E-state index contributed by atoms with van der Waals surface area (Å²) in [4.78, 5) is 0. The zero-order valence-electron chi connectivity index (χ0n) is 10.9. The summed E-state index contributed by atoms with van der Waals surface area (Å²) in [6.07, 6.45) is 10.7. The van der Waals surface area contributed by atoms with Crippen LogP contribution in [0.1, 0.15) is 58.3 Å². The molecule has 0 aromatic carbocycles. The predicted octanol–water partition coefficient (Wildman–Crippen LogP) is 3.11. The lowest BCUT2D eigenvalue weighted by atomic mass is 9.71. The van der Waals surface area contributed by atoms with Crippen LogP contribution >= 0.6 is 0 Å². The molecule has 0 aromatic heterocycles. The Kier molecular flexibility index (Phi) is 4.26. The van der Waals surface area contributed by atoms with Crippen molar-refractivity contribution in [1.29, 1.82) is 0 Å². The number of rotatable bonds is 5. The van der Waals surface area contributed by atoms with E-state index in [0.717, 1.165) is 18.6 Å². The molecule has 1 aliphatic heterocycles. The molecular formula is C14H27NO. The molecular weight excluding hydrogens is 198 g/mol. The van der Waals surface area contributed by atoms with Crippen LogP contribution in [-0.4, -0.2) is 25.3 Å². The molecule has 1 aliphatic carbocycles. The highest BCUT2D eigenvalue weighted by Crippen LogP contribution is 2.45. The Morgan fingerprint density at radius 2 is 2.25 bits per heavy atom. The van der Waals surface area contributed by atoms with Crippen LogP contribution in [-0.2, 0) is 4.74 Å². The monoisotopic (exact) mass is 225 g/mol. The van der Waals surface area contributed by atoms with Gasteiger partial charge in [0.25, 0.3) is 0 Å². The molecule has 0 bridgehead atoms. The Bertz CT molecular complexity index is 209. The van der Waals surface area contributed by atoms with Crippen molar-refractivity contribution in [1.82, 2.24) is 5.32 Å². The third kappa shape index (κ3) is 2.78. The minimum Gasteiger partial charge on any atom is -0.375 e. The number of ether oxygens (including phenoxy) is 1. The third-order valence-electron chi connectivity index (χ3n) is 4.68. The third-order valence-corrected chi connectivity index (χ3v) is 4.68. The average Bonchev–Trinajstić information content (AvgIpc) is 2.29. The minimum atomic E-state index is 0.338. The van der Waals surface area contributed by atoms with Crippen LogP contribution < -0.4 is 5.32 Å². The zero-order chi connectivity index (χ0) is 11.4. The number of nitrogens with one attached hydrogen (secondary N) is 1. The van der Waals surface area contributed by atoms with E-state index < -0.39 is 0 Å². The van der Waals surface area contributed by atoms with Gasteiger partial charge in [0.1, 0.15) is 0 Å². The average molecular weight is 225 g/mol. The summed E-state index contributed by atoms with van der Waals surface area (Å²) in [7, 11) is 2.09. The summed E-state index contributed by atoms with van der Waals surface area (Å²) >= 11 is 0.